The number of rotatable bonds is 4. The third-order valence-electron chi connectivity index (χ3n) is 4.27. The highest BCUT2D eigenvalue weighted by Crippen LogP contribution is 2.42. The highest BCUT2D eigenvalue weighted by atomic mass is 16.6. The summed E-state index contributed by atoms with van der Waals surface area (Å²) in [4.78, 5) is 26.6. The monoisotopic (exact) mass is 348 g/mol. The zero-order valence-electron chi connectivity index (χ0n) is 14.3. The molecule has 2 aromatic heterocycles. The third-order valence-corrected chi connectivity index (χ3v) is 4.27. The minimum atomic E-state index is -0.969. The summed E-state index contributed by atoms with van der Waals surface area (Å²) >= 11 is 0. The first kappa shape index (κ1) is 17.2. The minimum Gasteiger partial charge on any atom is -0.463 e. The van der Waals surface area contributed by atoms with Crippen LogP contribution in [0.3, 0.4) is 0 Å². The van der Waals surface area contributed by atoms with Crippen LogP contribution >= 0.6 is 0 Å². The van der Waals surface area contributed by atoms with Crippen LogP contribution in [-0.2, 0) is 29.4 Å². The molecule has 1 aliphatic heterocycles. The number of esters is 2. The van der Waals surface area contributed by atoms with Gasteiger partial charge in [0.1, 0.15) is 30.2 Å². The Labute approximate surface area is 144 Å². The molecule has 2 aromatic rings. The zero-order valence-corrected chi connectivity index (χ0v) is 14.3. The van der Waals surface area contributed by atoms with Crippen LogP contribution in [0.4, 0.5) is 5.82 Å². The van der Waals surface area contributed by atoms with Crippen molar-refractivity contribution in [2.75, 3.05) is 12.3 Å². The van der Waals surface area contributed by atoms with E-state index in [-0.39, 0.29) is 6.61 Å². The molecule has 0 unspecified atom stereocenters. The first-order chi connectivity index (χ1) is 11.8. The molecule has 3 heterocycles. The second-order valence-electron chi connectivity index (χ2n) is 6.14. The predicted molar refractivity (Wildman–Crippen MR) is 86.4 cm³/mol. The number of fused-ring (bicyclic) bond motifs is 1. The van der Waals surface area contributed by atoms with Gasteiger partial charge in [-0.3, -0.25) is 9.59 Å². The molecule has 0 saturated carbocycles. The van der Waals surface area contributed by atoms with Crippen molar-refractivity contribution in [3.63, 3.8) is 0 Å². The van der Waals surface area contributed by atoms with Crippen LogP contribution in [0, 0.1) is 0 Å². The van der Waals surface area contributed by atoms with Crippen molar-refractivity contribution < 1.29 is 23.8 Å². The summed E-state index contributed by atoms with van der Waals surface area (Å²) in [7, 11) is 0. The van der Waals surface area contributed by atoms with Crippen LogP contribution in [0.5, 0.6) is 0 Å². The van der Waals surface area contributed by atoms with Gasteiger partial charge in [0.05, 0.1) is 11.8 Å². The number of anilines is 1. The number of carbonyl (C=O) groups is 2. The smallest absolute Gasteiger partial charge is 0.303 e. The fourth-order valence-corrected chi connectivity index (χ4v) is 3.16. The fourth-order valence-electron chi connectivity index (χ4n) is 3.16. The summed E-state index contributed by atoms with van der Waals surface area (Å²) in [6.45, 7) is 4.58. The maximum atomic E-state index is 11.5. The molecule has 0 amide bonds. The lowest BCUT2D eigenvalue weighted by molar-refractivity contribution is -0.159. The molecule has 25 heavy (non-hydrogen) atoms. The molecule has 0 aromatic carbocycles. The number of hydrogen-bond acceptors (Lipinski definition) is 8. The Morgan fingerprint density at radius 1 is 1.40 bits per heavy atom. The van der Waals surface area contributed by atoms with Crippen LogP contribution < -0.4 is 5.73 Å². The molecule has 0 aliphatic carbocycles. The molecule has 134 valence electrons. The van der Waals surface area contributed by atoms with Crippen molar-refractivity contribution in [1.29, 1.82) is 0 Å². The topological polar surface area (TPSA) is 118 Å². The zero-order chi connectivity index (χ0) is 18.2. The van der Waals surface area contributed by atoms with Gasteiger partial charge < -0.3 is 19.9 Å². The van der Waals surface area contributed by atoms with Gasteiger partial charge in [0.15, 0.2) is 5.82 Å². The van der Waals surface area contributed by atoms with E-state index >= 15 is 0 Å². The lowest BCUT2D eigenvalue weighted by atomic mass is 9.94. The molecule has 0 radical (unpaired) electrons. The molecule has 1 aliphatic rings. The van der Waals surface area contributed by atoms with Crippen molar-refractivity contribution >= 4 is 23.3 Å². The number of ether oxygens (including phenoxy) is 3. The van der Waals surface area contributed by atoms with Gasteiger partial charge in [-0.05, 0) is 19.1 Å². The fraction of sp³-hybridized carbons (Fsp3) is 0.500. The average molecular weight is 348 g/mol. The van der Waals surface area contributed by atoms with Gasteiger partial charge in [-0.25, -0.2) is 9.50 Å². The second-order valence-corrected chi connectivity index (χ2v) is 6.14. The van der Waals surface area contributed by atoms with E-state index in [1.54, 1.807) is 10.6 Å². The lowest BCUT2D eigenvalue weighted by Crippen LogP contribution is -2.37. The Morgan fingerprint density at radius 2 is 2.16 bits per heavy atom. The Bertz CT molecular complexity index is 820. The summed E-state index contributed by atoms with van der Waals surface area (Å²) in [5.41, 5.74) is 6.22. The van der Waals surface area contributed by atoms with Crippen molar-refractivity contribution in [3.05, 3.63) is 24.2 Å². The van der Waals surface area contributed by atoms with Crippen LogP contribution in [0.15, 0.2) is 18.5 Å². The molecular formula is C16H20N4O5. The van der Waals surface area contributed by atoms with Gasteiger partial charge in [-0.1, -0.05) is 0 Å². The highest BCUT2D eigenvalue weighted by molar-refractivity contribution is 5.67. The van der Waals surface area contributed by atoms with Crippen molar-refractivity contribution in [1.82, 2.24) is 14.6 Å². The second kappa shape index (κ2) is 6.32. The Morgan fingerprint density at radius 3 is 2.84 bits per heavy atom. The number of aromatic nitrogens is 3. The predicted octanol–water partition coefficient (Wildman–Crippen LogP) is 0.810. The number of carbonyl (C=O) groups excluding carboxylic acids is 2. The van der Waals surface area contributed by atoms with Crippen molar-refractivity contribution in [2.24, 2.45) is 0 Å². The molecule has 2 N–H and O–H groups in total. The van der Waals surface area contributed by atoms with Gasteiger partial charge in [-0.2, -0.15) is 5.10 Å². The number of nitrogen functional groups attached to an aromatic ring is 1. The number of nitrogens with two attached hydrogens (primary N) is 1. The maximum absolute atomic E-state index is 11.5. The molecular weight excluding hydrogens is 328 g/mol. The molecule has 3 rings (SSSR count). The van der Waals surface area contributed by atoms with Gasteiger partial charge in [0.2, 0.25) is 0 Å². The van der Waals surface area contributed by atoms with Gasteiger partial charge in [-0.15, -0.1) is 0 Å². The van der Waals surface area contributed by atoms with Crippen LogP contribution in [0.2, 0.25) is 0 Å². The number of hydrogen-bond donors (Lipinski definition) is 1. The lowest BCUT2D eigenvalue weighted by Gasteiger charge is -2.29. The van der Waals surface area contributed by atoms with Gasteiger partial charge in [0.25, 0.3) is 0 Å². The molecule has 1 saturated heterocycles. The van der Waals surface area contributed by atoms with Gasteiger partial charge >= 0.3 is 11.9 Å². The standard InChI is InChI=1S/C16H20N4O5/c1-9(21)23-7-11-6-14(24-10(2)22)16(3,25-11)13-5-4-12-15(17)18-8-19-20(12)13/h4-5,8,11,14H,6-7H2,1-3H3,(H2,17,18,19)/t11-,14+,16-/m0/s1. The van der Waals surface area contributed by atoms with Crippen LogP contribution in [0.1, 0.15) is 32.9 Å². The molecule has 3 atom stereocenters. The van der Waals surface area contributed by atoms with E-state index in [2.05, 4.69) is 10.1 Å². The summed E-state index contributed by atoms with van der Waals surface area (Å²) in [5.74, 6) is -0.471. The Kier molecular flexibility index (Phi) is 4.34. The Hall–Kier alpha value is -2.68. The van der Waals surface area contributed by atoms with Crippen molar-refractivity contribution in [3.8, 4) is 0 Å². The van der Waals surface area contributed by atoms with E-state index in [0.29, 0.717) is 23.4 Å². The van der Waals surface area contributed by atoms with Crippen LogP contribution in [-0.4, -0.2) is 45.4 Å². The van der Waals surface area contributed by atoms with E-state index in [4.69, 9.17) is 19.9 Å². The van der Waals surface area contributed by atoms with Gasteiger partial charge in [0, 0.05) is 20.3 Å². The number of nitrogens with zero attached hydrogens (tertiary/aromatic N) is 3. The maximum Gasteiger partial charge on any atom is 0.303 e. The Balaban J connectivity index is 1.97. The van der Waals surface area contributed by atoms with E-state index in [0.717, 1.165) is 0 Å². The van der Waals surface area contributed by atoms with E-state index < -0.39 is 29.7 Å². The molecule has 0 bridgehead atoms. The molecule has 9 nitrogen and oxygen atoms in total. The molecule has 9 heteroatoms. The summed E-state index contributed by atoms with van der Waals surface area (Å²) in [6.07, 6.45) is 0.793. The first-order valence-electron chi connectivity index (χ1n) is 7.88. The highest BCUT2D eigenvalue weighted by Gasteiger charge is 2.50. The van der Waals surface area contributed by atoms with Crippen molar-refractivity contribution in [2.45, 2.75) is 45.0 Å². The quantitative estimate of drug-likeness (QED) is 0.807. The largest absolute Gasteiger partial charge is 0.463 e. The van der Waals surface area contributed by atoms with E-state index in [1.807, 2.05) is 13.0 Å². The minimum absolute atomic E-state index is 0.0864. The summed E-state index contributed by atoms with van der Waals surface area (Å²) < 4.78 is 18.3. The first-order valence-corrected chi connectivity index (χ1v) is 7.88. The normalized spacial score (nSPS) is 25.9. The summed E-state index contributed by atoms with van der Waals surface area (Å²) in [5, 5.41) is 4.22. The van der Waals surface area contributed by atoms with Crippen LogP contribution in [0.25, 0.3) is 5.52 Å². The SMILES string of the molecule is CC(=O)OC[C@@H]1C[C@@H](OC(C)=O)[C@](C)(c2ccc3c(N)ncnn23)O1. The van der Waals surface area contributed by atoms with E-state index in [9.17, 15) is 9.59 Å². The third kappa shape index (κ3) is 3.14. The summed E-state index contributed by atoms with van der Waals surface area (Å²) in [6, 6.07) is 3.59. The average Bonchev–Trinajstić information content (AvgIpc) is 3.09. The molecule has 1 fully saturated rings. The molecule has 0 spiro atoms. The van der Waals surface area contributed by atoms with E-state index in [1.165, 1.54) is 20.2 Å².